The Hall–Kier alpha value is -1.06. The van der Waals surface area contributed by atoms with Gasteiger partial charge in [-0.05, 0) is 30.2 Å². The number of likely N-dealkylation sites (tertiary alicyclic amines) is 1. The van der Waals surface area contributed by atoms with E-state index >= 15 is 0 Å². The van der Waals surface area contributed by atoms with Crippen molar-refractivity contribution >= 4 is 18.3 Å². The lowest BCUT2D eigenvalue weighted by atomic mass is 9.98. The highest BCUT2D eigenvalue weighted by atomic mass is 35.5. The van der Waals surface area contributed by atoms with Crippen LogP contribution in [0.2, 0.25) is 0 Å². The van der Waals surface area contributed by atoms with Crippen molar-refractivity contribution in [3.8, 4) is 0 Å². The molecule has 0 spiro atoms. The summed E-state index contributed by atoms with van der Waals surface area (Å²) >= 11 is 0. The highest BCUT2D eigenvalue weighted by molar-refractivity contribution is 5.85. The molecule has 1 aromatic rings. The summed E-state index contributed by atoms with van der Waals surface area (Å²) < 4.78 is 0. The zero-order valence-corrected chi connectivity index (χ0v) is 11.8. The van der Waals surface area contributed by atoms with Gasteiger partial charge in [-0.3, -0.25) is 4.79 Å². The second kappa shape index (κ2) is 5.93. The summed E-state index contributed by atoms with van der Waals surface area (Å²) in [4.78, 5) is 14.3. The topological polar surface area (TPSA) is 46.3 Å². The van der Waals surface area contributed by atoms with Gasteiger partial charge in [-0.2, -0.15) is 0 Å². The second-order valence-corrected chi connectivity index (χ2v) is 5.63. The molecule has 0 aromatic heterocycles. The van der Waals surface area contributed by atoms with Gasteiger partial charge in [0, 0.05) is 19.1 Å². The first-order chi connectivity index (χ1) is 8.74. The molecule has 1 heterocycles. The zero-order chi connectivity index (χ0) is 12.5. The van der Waals surface area contributed by atoms with Crippen LogP contribution in [0.3, 0.4) is 0 Å². The molecule has 19 heavy (non-hydrogen) atoms. The van der Waals surface area contributed by atoms with Gasteiger partial charge in [-0.25, -0.2) is 0 Å². The number of fused-ring (bicyclic) bond motifs is 1. The maximum atomic E-state index is 12.2. The Balaban J connectivity index is 0.00000133. The van der Waals surface area contributed by atoms with E-state index in [-0.39, 0.29) is 18.3 Å². The van der Waals surface area contributed by atoms with Crippen LogP contribution in [0.1, 0.15) is 18.4 Å². The molecule has 3 rings (SSSR count). The molecule has 4 heteroatoms. The summed E-state index contributed by atoms with van der Waals surface area (Å²) in [7, 11) is 0. The molecule has 1 amide bonds. The SMILES string of the molecule is Cl.NC1CCC2CN(C(=O)Cc3ccccc3)CC12. The summed E-state index contributed by atoms with van der Waals surface area (Å²) in [5.41, 5.74) is 7.20. The van der Waals surface area contributed by atoms with Gasteiger partial charge in [-0.15, -0.1) is 12.4 Å². The molecule has 2 N–H and O–H groups in total. The van der Waals surface area contributed by atoms with Crippen LogP contribution < -0.4 is 5.73 Å². The maximum absolute atomic E-state index is 12.2. The number of benzene rings is 1. The number of carbonyl (C=O) groups excluding carboxylic acids is 1. The molecule has 1 saturated heterocycles. The number of hydrogen-bond acceptors (Lipinski definition) is 2. The average molecular weight is 281 g/mol. The molecule has 1 aliphatic heterocycles. The number of hydrogen-bond donors (Lipinski definition) is 1. The van der Waals surface area contributed by atoms with Crippen LogP contribution in [0.4, 0.5) is 0 Å². The van der Waals surface area contributed by atoms with Crippen molar-refractivity contribution in [2.24, 2.45) is 17.6 Å². The second-order valence-electron chi connectivity index (χ2n) is 5.63. The third-order valence-electron chi connectivity index (χ3n) is 4.46. The van der Waals surface area contributed by atoms with E-state index in [2.05, 4.69) is 0 Å². The standard InChI is InChI=1S/C15H20N2O.ClH/c16-14-7-6-12-9-17(10-13(12)14)15(18)8-11-4-2-1-3-5-11;/h1-5,12-14H,6-10,16H2;1H. The van der Waals surface area contributed by atoms with Crippen molar-refractivity contribution < 1.29 is 4.79 Å². The van der Waals surface area contributed by atoms with Gasteiger partial charge in [0.15, 0.2) is 0 Å². The molecule has 3 unspecified atom stereocenters. The maximum Gasteiger partial charge on any atom is 0.227 e. The van der Waals surface area contributed by atoms with Crippen molar-refractivity contribution in [1.29, 1.82) is 0 Å². The Kier molecular flexibility index (Phi) is 4.48. The third-order valence-corrected chi connectivity index (χ3v) is 4.46. The van der Waals surface area contributed by atoms with Crippen LogP contribution in [0.5, 0.6) is 0 Å². The van der Waals surface area contributed by atoms with Crippen molar-refractivity contribution in [3.05, 3.63) is 35.9 Å². The first-order valence-corrected chi connectivity index (χ1v) is 6.81. The summed E-state index contributed by atoms with van der Waals surface area (Å²) in [5, 5.41) is 0. The van der Waals surface area contributed by atoms with Gasteiger partial charge >= 0.3 is 0 Å². The lowest BCUT2D eigenvalue weighted by Crippen LogP contribution is -2.34. The van der Waals surface area contributed by atoms with Crippen molar-refractivity contribution in [1.82, 2.24) is 4.90 Å². The molecule has 2 aliphatic rings. The summed E-state index contributed by atoms with van der Waals surface area (Å²) in [6, 6.07) is 10.3. The van der Waals surface area contributed by atoms with Crippen LogP contribution in [-0.2, 0) is 11.2 Å². The molecule has 0 bridgehead atoms. The minimum Gasteiger partial charge on any atom is -0.342 e. The molecule has 1 aliphatic carbocycles. The Morgan fingerprint density at radius 1 is 1.21 bits per heavy atom. The quantitative estimate of drug-likeness (QED) is 0.899. The van der Waals surface area contributed by atoms with Crippen LogP contribution in [0.15, 0.2) is 30.3 Å². The Bertz CT molecular complexity index is 437. The summed E-state index contributed by atoms with van der Waals surface area (Å²) in [6.07, 6.45) is 2.85. The van der Waals surface area contributed by atoms with E-state index < -0.39 is 0 Å². The predicted molar refractivity (Wildman–Crippen MR) is 78.2 cm³/mol. The fraction of sp³-hybridized carbons (Fsp3) is 0.533. The van der Waals surface area contributed by atoms with Crippen LogP contribution in [-0.4, -0.2) is 29.9 Å². The van der Waals surface area contributed by atoms with Gasteiger partial charge < -0.3 is 10.6 Å². The molecular formula is C15H21ClN2O. The van der Waals surface area contributed by atoms with Crippen molar-refractivity contribution in [2.45, 2.75) is 25.3 Å². The third kappa shape index (κ3) is 2.93. The number of carbonyl (C=O) groups is 1. The minimum absolute atomic E-state index is 0. The number of rotatable bonds is 2. The fourth-order valence-electron chi connectivity index (χ4n) is 3.39. The van der Waals surface area contributed by atoms with Gasteiger partial charge in [0.05, 0.1) is 6.42 Å². The molecule has 104 valence electrons. The van der Waals surface area contributed by atoms with Crippen LogP contribution in [0, 0.1) is 11.8 Å². The van der Waals surface area contributed by atoms with E-state index in [1.54, 1.807) is 0 Å². The monoisotopic (exact) mass is 280 g/mol. The van der Waals surface area contributed by atoms with Gasteiger partial charge in [0.2, 0.25) is 5.91 Å². The molecule has 2 fully saturated rings. The molecular weight excluding hydrogens is 260 g/mol. The molecule has 1 saturated carbocycles. The van der Waals surface area contributed by atoms with Gasteiger partial charge in [0.1, 0.15) is 0 Å². The highest BCUT2D eigenvalue weighted by Gasteiger charge is 2.42. The lowest BCUT2D eigenvalue weighted by molar-refractivity contribution is -0.129. The normalized spacial score (nSPS) is 28.9. The largest absolute Gasteiger partial charge is 0.342 e. The number of halogens is 1. The summed E-state index contributed by atoms with van der Waals surface area (Å²) in [6.45, 7) is 1.79. The molecule has 1 aromatic carbocycles. The molecule has 3 nitrogen and oxygen atoms in total. The zero-order valence-electron chi connectivity index (χ0n) is 11.0. The summed E-state index contributed by atoms with van der Waals surface area (Å²) in [5.74, 6) is 1.45. The van der Waals surface area contributed by atoms with Crippen LogP contribution >= 0.6 is 12.4 Å². The fourth-order valence-corrected chi connectivity index (χ4v) is 3.39. The Morgan fingerprint density at radius 3 is 2.63 bits per heavy atom. The first-order valence-electron chi connectivity index (χ1n) is 6.81. The lowest BCUT2D eigenvalue weighted by Gasteiger charge is -2.18. The number of amides is 1. The predicted octanol–water partition coefficient (Wildman–Crippen LogP) is 1.85. The van der Waals surface area contributed by atoms with Gasteiger partial charge in [-0.1, -0.05) is 30.3 Å². The van der Waals surface area contributed by atoms with E-state index in [1.807, 2.05) is 35.2 Å². The van der Waals surface area contributed by atoms with E-state index in [0.29, 0.717) is 24.3 Å². The van der Waals surface area contributed by atoms with E-state index in [9.17, 15) is 4.79 Å². The number of nitrogens with two attached hydrogens (primary N) is 1. The highest BCUT2D eigenvalue weighted by Crippen LogP contribution is 2.37. The van der Waals surface area contributed by atoms with Crippen LogP contribution in [0.25, 0.3) is 0 Å². The molecule has 0 radical (unpaired) electrons. The Morgan fingerprint density at radius 2 is 1.95 bits per heavy atom. The Labute approximate surface area is 120 Å². The average Bonchev–Trinajstić information content (AvgIpc) is 2.93. The van der Waals surface area contributed by atoms with E-state index in [0.717, 1.165) is 25.1 Å². The van der Waals surface area contributed by atoms with Gasteiger partial charge in [0.25, 0.3) is 0 Å². The van der Waals surface area contributed by atoms with Crippen molar-refractivity contribution in [3.63, 3.8) is 0 Å². The smallest absolute Gasteiger partial charge is 0.227 e. The minimum atomic E-state index is 0. The van der Waals surface area contributed by atoms with E-state index in [1.165, 1.54) is 6.42 Å². The van der Waals surface area contributed by atoms with Crippen molar-refractivity contribution in [2.75, 3.05) is 13.1 Å². The first kappa shape index (κ1) is 14.4. The van der Waals surface area contributed by atoms with E-state index in [4.69, 9.17) is 5.73 Å². The number of nitrogens with zero attached hydrogens (tertiary/aromatic N) is 1. The molecule has 3 atom stereocenters.